The standard InChI is InChI=1S/C18H18N2O2S/c1-3-10-20-11-13(8-9-16(20)21)19-18(22)17-12(2)14-6-4-5-7-15(14)23-17/h4-9,11H,3,10H2,1-2H3,(H,19,22). The predicted molar refractivity (Wildman–Crippen MR) is 95.5 cm³/mol. The number of thiophene rings is 1. The summed E-state index contributed by atoms with van der Waals surface area (Å²) in [4.78, 5) is 25.0. The number of aryl methyl sites for hydroxylation is 2. The molecule has 1 aromatic carbocycles. The van der Waals surface area contributed by atoms with Crippen molar-refractivity contribution in [1.29, 1.82) is 0 Å². The summed E-state index contributed by atoms with van der Waals surface area (Å²) in [5.41, 5.74) is 1.58. The highest BCUT2D eigenvalue weighted by atomic mass is 32.1. The molecule has 0 saturated heterocycles. The van der Waals surface area contributed by atoms with Crippen molar-refractivity contribution in [3.63, 3.8) is 0 Å². The van der Waals surface area contributed by atoms with Gasteiger partial charge in [0.05, 0.1) is 10.6 Å². The van der Waals surface area contributed by atoms with E-state index < -0.39 is 0 Å². The Morgan fingerprint density at radius 2 is 2.00 bits per heavy atom. The zero-order valence-corrected chi connectivity index (χ0v) is 13.9. The minimum absolute atomic E-state index is 0.0529. The van der Waals surface area contributed by atoms with Crippen molar-refractivity contribution in [1.82, 2.24) is 4.57 Å². The predicted octanol–water partition coefficient (Wildman–Crippen LogP) is 4.03. The number of hydrogen-bond acceptors (Lipinski definition) is 3. The molecule has 0 atom stereocenters. The molecule has 1 N–H and O–H groups in total. The van der Waals surface area contributed by atoms with Crippen LogP contribution >= 0.6 is 11.3 Å². The number of nitrogens with one attached hydrogen (secondary N) is 1. The second kappa shape index (κ2) is 6.38. The fourth-order valence-corrected chi connectivity index (χ4v) is 3.70. The summed E-state index contributed by atoms with van der Waals surface area (Å²) >= 11 is 1.49. The third-order valence-electron chi connectivity index (χ3n) is 3.76. The smallest absolute Gasteiger partial charge is 0.266 e. The average Bonchev–Trinajstić information content (AvgIpc) is 2.88. The van der Waals surface area contributed by atoms with E-state index in [1.54, 1.807) is 16.8 Å². The molecule has 4 nitrogen and oxygen atoms in total. The van der Waals surface area contributed by atoms with Crippen molar-refractivity contribution in [2.24, 2.45) is 0 Å². The van der Waals surface area contributed by atoms with Crippen molar-refractivity contribution < 1.29 is 4.79 Å². The minimum Gasteiger partial charge on any atom is -0.320 e. The van der Waals surface area contributed by atoms with Gasteiger partial charge in [-0.25, -0.2) is 0 Å². The number of pyridine rings is 1. The molecule has 118 valence electrons. The number of nitrogens with zero attached hydrogens (tertiary/aromatic N) is 1. The van der Waals surface area contributed by atoms with Crippen LogP contribution in [-0.4, -0.2) is 10.5 Å². The van der Waals surface area contributed by atoms with Crippen molar-refractivity contribution in [3.05, 3.63) is 63.4 Å². The molecule has 0 bridgehead atoms. The van der Waals surface area contributed by atoms with Crippen LogP contribution in [0.25, 0.3) is 10.1 Å². The Kier molecular flexibility index (Phi) is 4.30. The lowest BCUT2D eigenvalue weighted by Crippen LogP contribution is -2.20. The fourth-order valence-electron chi connectivity index (χ4n) is 2.60. The number of rotatable bonds is 4. The number of anilines is 1. The van der Waals surface area contributed by atoms with Gasteiger partial charge in [0.1, 0.15) is 0 Å². The van der Waals surface area contributed by atoms with E-state index in [4.69, 9.17) is 0 Å². The van der Waals surface area contributed by atoms with E-state index in [2.05, 4.69) is 5.32 Å². The van der Waals surface area contributed by atoms with Gasteiger partial charge in [0.15, 0.2) is 0 Å². The number of aromatic nitrogens is 1. The summed E-state index contributed by atoms with van der Waals surface area (Å²) in [5.74, 6) is -0.134. The van der Waals surface area contributed by atoms with Crippen LogP contribution in [0.5, 0.6) is 0 Å². The van der Waals surface area contributed by atoms with E-state index in [0.717, 1.165) is 22.1 Å². The molecule has 0 spiro atoms. The van der Waals surface area contributed by atoms with Gasteiger partial charge in [-0.2, -0.15) is 0 Å². The van der Waals surface area contributed by atoms with Gasteiger partial charge in [-0.15, -0.1) is 11.3 Å². The molecule has 2 aromatic heterocycles. The first-order valence-electron chi connectivity index (χ1n) is 7.60. The quantitative estimate of drug-likeness (QED) is 0.787. The Balaban J connectivity index is 1.90. The zero-order valence-electron chi connectivity index (χ0n) is 13.1. The van der Waals surface area contributed by atoms with Gasteiger partial charge in [-0.05, 0) is 36.4 Å². The number of carbonyl (C=O) groups excluding carboxylic acids is 1. The Hall–Kier alpha value is -2.40. The third kappa shape index (κ3) is 3.05. The molecule has 0 radical (unpaired) electrons. The van der Waals surface area contributed by atoms with E-state index in [0.29, 0.717) is 17.1 Å². The first kappa shape index (κ1) is 15.5. The normalized spacial score (nSPS) is 10.9. The topological polar surface area (TPSA) is 51.1 Å². The van der Waals surface area contributed by atoms with Crippen LogP contribution in [0.15, 0.2) is 47.4 Å². The number of benzene rings is 1. The fraction of sp³-hybridized carbons (Fsp3) is 0.222. The summed E-state index contributed by atoms with van der Waals surface area (Å²) in [6, 6.07) is 11.1. The Morgan fingerprint density at radius 1 is 1.22 bits per heavy atom. The lowest BCUT2D eigenvalue weighted by molar-refractivity contribution is 0.103. The molecule has 0 unspecified atom stereocenters. The van der Waals surface area contributed by atoms with Crippen molar-refractivity contribution >= 4 is 33.0 Å². The number of fused-ring (bicyclic) bond motifs is 1. The van der Waals surface area contributed by atoms with Gasteiger partial charge in [0.2, 0.25) is 0 Å². The molecular formula is C18H18N2O2S. The number of amides is 1. The first-order valence-corrected chi connectivity index (χ1v) is 8.41. The lowest BCUT2D eigenvalue weighted by atomic mass is 10.1. The Bertz CT molecular complexity index is 924. The van der Waals surface area contributed by atoms with E-state index >= 15 is 0 Å². The van der Waals surface area contributed by atoms with Gasteiger partial charge in [0, 0.05) is 23.5 Å². The maximum absolute atomic E-state index is 12.6. The van der Waals surface area contributed by atoms with Crippen LogP contribution in [0.3, 0.4) is 0 Å². The molecular weight excluding hydrogens is 308 g/mol. The van der Waals surface area contributed by atoms with Crippen LogP contribution in [0.2, 0.25) is 0 Å². The second-order valence-electron chi connectivity index (χ2n) is 5.46. The molecule has 3 aromatic rings. The SMILES string of the molecule is CCCn1cc(NC(=O)c2sc3ccccc3c2C)ccc1=O. The van der Waals surface area contributed by atoms with Crippen LogP contribution in [0, 0.1) is 6.92 Å². The molecule has 0 aliphatic carbocycles. The zero-order chi connectivity index (χ0) is 16.4. The van der Waals surface area contributed by atoms with E-state index in [-0.39, 0.29) is 11.5 Å². The lowest BCUT2D eigenvalue weighted by Gasteiger charge is -2.08. The van der Waals surface area contributed by atoms with Gasteiger partial charge in [0.25, 0.3) is 11.5 Å². The van der Waals surface area contributed by atoms with Crippen molar-refractivity contribution in [2.75, 3.05) is 5.32 Å². The number of carbonyl (C=O) groups is 1. The molecule has 0 aliphatic rings. The van der Waals surface area contributed by atoms with Gasteiger partial charge in [-0.1, -0.05) is 25.1 Å². The summed E-state index contributed by atoms with van der Waals surface area (Å²) in [5, 5.41) is 4.01. The van der Waals surface area contributed by atoms with E-state index in [1.807, 2.05) is 38.1 Å². The molecule has 23 heavy (non-hydrogen) atoms. The van der Waals surface area contributed by atoms with E-state index in [1.165, 1.54) is 17.4 Å². The highest BCUT2D eigenvalue weighted by molar-refractivity contribution is 7.21. The second-order valence-corrected chi connectivity index (χ2v) is 6.51. The van der Waals surface area contributed by atoms with Gasteiger partial charge in [-0.3, -0.25) is 9.59 Å². The van der Waals surface area contributed by atoms with Crippen LogP contribution in [0.4, 0.5) is 5.69 Å². The summed E-state index contributed by atoms with van der Waals surface area (Å²) in [7, 11) is 0. The largest absolute Gasteiger partial charge is 0.320 e. The molecule has 5 heteroatoms. The highest BCUT2D eigenvalue weighted by Gasteiger charge is 2.15. The maximum atomic E-state index is 12.6. The molecule has 0 fully saturated rings. The van der Waals surface area contributed by atoms with Gasteiger partial charge >= 0.3 is 0 Å². The highest BCUT2D eigenvalue weighted by Crippen LogP contribution is 2.30. The number of hydrogen-bond donors (Lipinski definition) is 1. The van der Waals surface area contributed by atoms with Crippen molar-refractivity contribution in [2.45, 2.75) is 26.8 Å². The molecule has 3 rings (SSSR count). The summed E-state index contributed by atoms with van der Waals surface area (Å²) in [6.45, 7) is 4.62. The first-order chi connectivity index (χ1) is 11.1. The van der Waals surface area contributed by atoms with Crippen LogP contribution in [0.1, 0.15) is 28.6 Å². The van der Waals surface area contributed by atoms with Crippen LogP contribution < -0.4 is 10.9 Å². The minimum atomic E-state index is -0.134. The Morgan fingerprint density at radius 3 is 2.74 bits per heavy atom. The van der Waals surface area contributed by atoms with Crippen LogP contribution in [-0.2, 0) is 6.54 Å². The molecule has 2 heterocycles. The van der Waals surface area contributed by atoms with E-state index in [9.17, 15) is 9.59 Å². The monoisotopic (exact) mass is 326 g/mol. The Labute approximate surface area is 138 Å². The third-order valence-corrected chi connectivity index (χ3v) is 5.03. The molecule has 1 amide bonds. The average molecular weight is 326 g/mol. The molecule has 0 aliphatic heterocycles. The molecule has 0 saturated carbocycles. The maximum Gasteiger partial charge on any atom is 0.266 e. The van der Waals surface area contributed by atoms with Gasteiger partial charge < -0.3 is 9.88 Å². The summed E-state index contributed by atoms with van der Waals surface area (Å²) in [6.07, 6.45) is 2.57. The van der Waals surface area contributed by atoms with Crippen molar-refractivity contribution in [3.8, 4) is 0 Å². The summed E-state index contributed by atoms with van der Waals surface area (Å²) < 4.78 is 2.72.